The Kier molecular flexibility index (Phi) is 6.48. The van der Waals surface area contributed by atoms with E-state index in [2.05, 4.69) is 10.6 Å². The number of methoxy groups -OCH3 is 2. The fraction of sp³-hybridized carbons (Fsp3) is 0.222. The predicted molar refractivity (Wildman–Crippen MR) is 90.1 cm³/mol. The standard InChI is InChI=1S/C18H18F2N2O4/c1-25-15-6-3-11(7-16(15)26-2)9-21-17(23)10-22-18(24)12-4-5-13(19)14(20)8-12/h3-8H,9-10H2,1-2H3,(H,21,23)(H,22,24). The average molecular weight is 364 g/mol. The summed E-state index contributed by atoms with van der Waals surface area (Å²) >= 11 is 0. The fourth-order valence-electron chi connectivity index (χ4n) is 2.15. The molecule has 0 fully saturated rings. The van der Waals surface area contributed by atoms with Crippen LogP contribution in [-0.2, 0) is 11.3 Å². The van der Waals surface area contributed by atoms with Crippen molar-refractivity contribution in [2.24, 2.45) is 0 Å². The van der Waals surface area contributed by atoms with Crippen molar-refractivity contribution in [3.8, 4) is 11.5 Å². The molecule has 138 valence electrons. The zero-order valence-corrected chi connectivity index (χ0v) is 14.3. The van der Waals surface area contributed by atoms with Crippen molar-refractivity contribution in [2.45, 2.75) is 6.54 Å². The second kappa shape index (κ2) is 8.80. The Hall–Kier alpha value is -3.16. The Morgan fingerprint density at radius 1 is 0.923 bits per heavy atom. The second-order valence-electron chi connectivity index (χ2n) is 5.28. The highest BCUT2D eigenvalue weighted by molar-refractivity contribution is 5.96. The maximum atomic E-state index is 13.1. The van der Waals surface area contributed by atoms with Crippen LogP contribution in [0.2, 0.25) is 0 Å². The molecule has 0 unspecified atom stereocenters. The molecule has 2 amide bonds. The summed E-state index contributed by atoms with van der Waals surface area (Å²) in [4.78, 5) is 23.7. The molecule has 0 aromatic heterocycles. The first-order valence-electron chi connectivity index (χ1n) is 7.65. The van der Waals surface area contributed by atoms with E-state index in [4.69, 9.17) is 9.47 Å². The molecule has 0 aliphatic heterocycles. The molecule has 0 heterocycles. The number of nitrogens with one attached hydrogen (secondary N) is 2. The van der Waals surface area contributed by atoms with Crippen LogP contribution in [0.5, 0.6) is 11.5 Å². The number of rotatable bonds is 7. The van der Waals surface area contributed by atoms with Gasteiger partial charge in [0, 0.05) is 12.1 Å². The zero-order chi connectivity index (χ0) is 19.1. The third-order valence-electron chi connectivity index (χ3n) is 3.53. The van der Waals surface area contributed by atoms with Crippen molar-refractivity contribution in [3.05, 3.63) is 59.2 Å². The summed E-state index contributed by atoms with van der Waals surface area (Å²) in [5.74, 6) is -2.18. The van der Waals surface area contributed by atoms with Gasteiger partial charge in [0.25, 0.3) is 5.91 Å². The summed E-state index contributed by atoms with van der Waals surface area (Å²) < 4.78 is 36.3. The number of hydrogen-bond donors (Lipinski definition) is 2. The van der Waals surface area contributed by atoms with Gasteiger partial charge in [-0.1, -0.05) is 6.07 Å². The Labute approximate surface area is 149 Å². The number of carbonyl (C=O) groups excluding carboxylic acids is 2. The van der Waals surface area contributed by atoms with E-state index in [1.54, 1.807) is 18.2 Å². The molecule has 2 rings (SSSR count). The van der Waals surface area contributed by atoms with Crippen molar-refractivity contribution in [3.63, 3.8) is 0 Å². The summed E-state index contributed by atoms with van der Waals surface area (Å²) in [5, 5.41) is 4.97. The van der Waals surface area contributed by atoms with E-state index in [-0.39, 0.29) is 18.7 Å². The zero-order valence-electron chi connectivity index (χ0n) is 14.3. The van der Waals surface area contributed by atoms with Gasteiger partial charge in [-0.3, -0.25) is 9.59 Å². The number of amides is 2. The summed E-state index contributed by atoms with van der Waals surface area (Å²) in [6.45, 7) is -0.0780. The number of ether oxygens (including phenoxy) is 2. The number of carbonyl (C=O) groups is 2. The van der Waals surface area contributed by atoms with E-state index in [1.165, 1.54) is 14.2 Å². The van der Waals surface area contributed by atoms with Gasteiger partial charge < -0.3 is 20.1 Å². The maximum absolute atomic E-state index is 13.1. The van der Waals surface area contributed by atoms with Crippen LogP contribution in [0.1, 0.15) is 15.9 Å². The Morgan fingerprint density at radius 2 is 1.65 bits per heavy atom. The monoisotopic (exact) mass is 364 g/mol. The van der Waals surface area contributed by atoms with E-state index in [1.807, 2.05) is 0 Å². The highest BCUT2D eigenvalue weighted by Crippen LogP contribution is 2.27. The smallest absolute Gasteiger partial charge is 0.251 e. The van der Waals surface area contributed by atoms with Crippen molar-refractivity contribution < 1.29 is 27.8 Å². The molecule has 2 N–H and O–H groups in total. The molecule has 0 spiro atoms. The summed E-state index contributed by atoms with van der Waals surface area (Å²) in [6, 6.07) is 7.95. The quantitative estimate of drug-likeness (QED) is 0.788. The average Bonchev–Trinajstić information content (AvgIpc) is 2.66. The Bertz CT molecular complexity index is 812. The van der Waals surface area contributed by atoms with Crippen LogP contribution in [0, 0.1) is 11.6 Å². The normalized spacial score (nSPS) is 10.2. The van der Waals surface area contributed by atoms with Crippen molar-refractivity contribution in [1.29, 1.82) is 0 Å². The lowest BCUT2D eigenvalue weighted by atomic mass is 10.2. The molecule has 0 saturated carbocycles. The molecule has 0 aliphatic carbocycles. The predicted octanol–water partition coefficient (Wildman–Crippen LogP) is 2.03. The van der Waals surface area contributed by atoms with Gasteiger partial charge in [-0.05, 0) is 35.9 Å². The summed E-state index contributed by atoms with van der Waals surface area (Å²) in [7, 11) is 3.03. The van der Waals surface area contributed by atoms with Crippen LogP contribution in [-0.4, -0.2) is 32.6 Å². The van der Waals surface area contributed by atoms with Crippen LogP contribution < -0.4 is 20.1 Å². The molecule has 6 nitrogen and oxygen atoms in total. The van der Waals surface area contributed by atoms with Crippen molar-refractivity contribution >= 4 is 11.8 Å². The molecule has 26 heavy (non-hydrogen) atoms. The molecule has 2 aromatic rings. The third kappa shape index (κ3) is 4.92. The topological polar surface area (TPSA) is 76.7 Å². The van der Waals surface area contributed by atoms with Crippen LogP contribution in [0.3, 0.4) is 0 Å². The van der Waals surface area contributed by atoms with Crippen LogP contribution >= 0.6 is 0 Å². The lowest BCUT2D eigenvalue weighted by Gasteiger charge is -2.11. The molecule has 0 atom stereocenters. The van der Waals surface area contributed by atoms with Gasteiger partial charge in [0.15, 0.2) is 23.1 Å². The minimum absolute atomic E-state index is 0.0726. The van der Waals surface area contributed by atoms with Gasteiger partial charge in [-0.2, -0.15) is 0 Å². The van der Waals surface area contributed by atoms with Gasteiger partial charge in [0.1, 0.15) is 0 Å². The first-order valence-corrected chi connectivity index (χ1v) is 7.65. The van der Waals surface area contributed by atoms with E-state index < -0.39 is 23.4 Å². The molecule has 0 radical (unpaired) electrons. The molecular weight excluding hydrogens is 346 g/mol. The van der Waals surface area contributed by atoms with Crippen molar-refractivity contribution in [1.82, 2.24) is 10.6 Å². The third-order valence-corrected chi connectivity index (χ3v) is 3.53. The Balaban J connectivity index is 1.85. The first-order chi connectivity index (χ1) is 12.4. The molecule has 0 bridgehead atoms. The number of benzene rings is 2. The van der Waals surface area contributed by atoms with Crippen molar-refractivity contribution in [2.75, 3.05) is 20.8 Å². The largest absolute Gasteiger partial charge is 0.493 e. The molecule has 8 heteroatoms. The summed E-state index contributed by atoms with van der Waals surface area (Å²) in [5.41, 5.74) is 0.708. The second-order valence-corrected chi connectivity index (χ2v) is 5.28. The van der Waals surface area contributed by atoms with E-state index in [9.17, 15) is 18.4 Å². The molecule has 0 aliphatic rings. The molecular formula is C18H18F2N2O4. The lowest BCUT2D eigenvalue weighted by molar-refractivity contribution is -0.120. The number of halogens is 2. The molecule has 0 saturated heterocycles. The SMILES string of the molecule is COc1ccc(CNC(=O)CNC(=O)c2ccc(F)c(F)c2)cc1OC. The first kappa shape index (κ1) is 19.2. The molecule has 2 aromatic carbocycles. The van der Waals surface area contributed by atoms with E-state index in [0.29, 0.717) is 11.5 Å². The van der Waals surface area contributed by atoms with E-state index >= 15 is 0 Å². The lowest BCUT2D eigenvalue weighted by Crippen LogP contribution is -2.36. The van der Waals surface area contributed by atoms with Gasteiger partial charge in [0.2, 0.25) is 5.91 Å². The van der Waals surface area contributed by atoms with Gasteiger partial charge >= 0.3 is 0 Å². The maximum Gasteiger partial charge on any atom is 0.251 e. The highest BCUT2D eigenvalue weighted by Gasteiger charge is 2.11. The minimum atomic E-state index is -1.13. The Morgan fingerprint density at radius 3 is 2.31 bits per heavy atom. The van der Waals surface area contributed by atoms with E-state index in [0.717, 1.165) is 23.8 Å². The van der Waals surface area contributed by atoms with Gasteiger partial charge in [-0.15, -0.1) is 0 Å². The fourth-order valence-corrected chi connectivity index (χ4v) is 2.15. The highest BCUT2D eigenvalue weighted by atomic mass is 19.2. The van der Waals surface area contributed by atoms with Crippen LogP contribution in [0.15, 0.2) is 36.4 Å². The van der Waals surface area contributed by atoms with Crippen LogP contribution in [0.4, 0.5) is 8.78 Å². The van der Waals surface area contributed by atoms with Gasteiger partial charge in [-0.25, -0.2) is 8.78 Å². The van der Waals surface area contributed by atoms with Gasteiger partial charge in [0.05, 0.1) is 20.8 Å². The summed E-state index contributed by atoms with van der Waals surface area (Å²) in [6.07, 6.45) is 0. The van der Waals surface area contributed by atoms with Crippen LogP contribution in [0.25, 0.3) is 0 Å². The minimum Gasteiger partial charge on any atom is -0.493 e. The number of hydrogen-bond acceptors (Lipinski definition) is 4.